The smallest absolute Gasteiger partial charge is 0.191 e. The molecule has 0 saturated carbocycles. The number of nitrogens with one attached hydrogen (secondary N) is 2. The molecule has 0 aromatic carbocycles. The van der Waals surface area contributed by atoms with Crippen LogP contribution < -0.4 is 10.6 Å². The van der Waals surface area contributed by atoms with E-state index >= 15 is 0 Å². The first-order valence-corrected chi connectivity index (χ1v) is 9.81. The molecule has 1 aromatic rings. The number of ether oxygens (including phenoxy) is 2. The standard InChI is InChI=1S/C19H34N4O3/c1-2-24-14-4-3-8-20-19(21-9-7-18-6-5-15-26-18)22-10-11-23-12-16-25-17-13-23/h5-6,15H,2-4,7-14,16-17H2,1H3,(H2,20,21,22). The summed E-state index contributed by atoms with van der Waals surface area (Å²) in [6.07, 6.45) is 4.64. The van der Waals surface area contributed by atoms with Gasteiger partial charge in [0, 0.05) is 58.9 Å². The Balaban J connectivity index is 1.67. The third kappa shape index (κ3) is 9.22. The van der Waals surface area contributed by atoms with Gasteiger partial charge >= 0.3 is 0 Å². The van der Waals surface area contributed by atoms with Crippen LogP contribution in [-0.2, 0) is 15.9 Å². The largest absolute Gasteiger partial charge is 0.469 e. The highest BCUT2D eigenvalue weighted by Gasteiger charge is 2.09. The van der Waals surface area contributed by atoms with Gasteiger partial charge in [-0.3, -0.25) is 9.89 Å². The highest BCUT2D eigenvalue weighted by molar-refractivity contribution is 5.79. The lowest BCUT2D eigenvalue weighted by Crippen LogP contribution is -2.44. The Bertz CT molecular complexity index is 473. The van der Waals surface area contributed by atoms with Crippen molar-refractivity contribution in [3.05, 3.63) is 24.2 Å². The van der Waals surface area contributed by atoms with Crippen LogP contribution >= 0.6 is 0 Å². The van der Waals surface area contributed by atoms with Crippen molar-refractivity contribution in [3.8, 4) is 0 Å². The molecule has 0 aliphatic carbocycles. The summed E-state index contributed by atoms with van der Waals surface area (Å²) < 4.78 is 16.1. The summed E-state index contributed by atoms with van der Waals surface area (Å²) in [6, 6.07) is 3.92. The predicted molar refractivity (Wildman–Crippen MR) is 104 cm³/mol. The van der Waals surface area contributed by atoms with Crippen LogP contribution in [0.1, 0.15) is 25.5 Å². The van der Waals surface area contributed by atoms with E-state index in [1.165, 1.54) is 0 Å². The summed E-state index contributed by atoms with van der Waals surface area (Å²) in [4.78, 5) is 7.10. The third-order valence-corrected chi connectivity index (χ3v) is 4.24. The highest BCUT2D eigenvalue weighted by Crippen LogP contribution is 1.99. The molecule has 0 radical (unpaired) electrons. The molecule has 7 nitrogen and oxygen atoms in total. The minimum Gasteiger partial charge on any atom is -0.469 e. The molecule has 1 aliphatic rings. The fourth-order valence-corrected chi connectivity index (χ4v) is 2.74. The molecule has 7 heteroatoms. The number of furan rings is 1. The van der Waals surface area contributed by atoms with Gasteiger partial charge in [0.15, 0.2) is 5.96 Å². The molecule has 26 heavy (non-hydrogen) atoms. The maximum Gasteiger partial charge on any atom is 0.191 e. The Kier molecular flexibility index (Phi) is 10.9. The summed E-state index contributed by atoms with van der Waals surface area (Å²) >= 11 is 0. The fourth-order valence-electron chi connectivity index (χ4n) is 2.74. The molecule has 2 rings (SSSR count). The third-order valence-electron chi connectivity index (χ3n) is 4.24. The number of rotatable bonds is 12. The molecular weight excluding hydrogens is 332 g/mol. The summed E-state index contributed by atoms with van der Waals surface area (Å²) in [6.45, 7) is 10.8. The van der Waals surface area contributed by atoms with Crippen LogP contribution in [0.5, 0.6) is 0 Å². The molecule has 2 heterocycles. The SMILES string of the molecule is CCOCCCCN=C(NCCc1ccco1)NCCN1CCOCC1. The van der Waals surface area contributed by atoms with Crippen LogP contribution in [0.3, 0.4) is 0 Å². The van der Waals surface area contributed by atoms with Crippen molar-refractivity contribution in [2.24, 2.45) is 4.99 Å². The monoisotopic (exact) mass is 366 g/mol. The number of morpholine rings is 1. The highest BCUT2D eigenvalue weighted by atomic mass is 16.5. The van der Waals surface area contributed by atoms with Gasteiger partial charge in [-0.15, -0.1) is 0 Å². The van der Waals surface area contributed by atoms with Crippen LogP contribution in [0.15, 0.2) is 27.8 Å². The summed E-state index contributed by atoms with van der Waals surface area (Å²) in [5.74, 6) is 1.86. The van der Waals surface area contributed by atoms with E-state index in [9.17, 15) is 0 Å². The Hall–Kier alpha value is -1.57. The van der Waals surface area contributed by atoms with Crippen molar-refractivity contribution in [1.29, 1.82) is 0 Å². The lowest BCUT2D eigenvalue weighted by Gasteiger charge is -2.26. The number of hydrogen-bond acceptors (Lipinski definition) is 5. The minimum atomic E-state index is 0.784. The second kappa shape index (κ2) is 13.6. The fraction of sp³-hybridized carbons (Fsp3) is 0.737. The van der Waals surface area contributed by atoms with E-state index in [4.69, 9.17) is 13.9 Å². The first-order chi connectivity index (χ1) is 12.9. The molecule has 1 saturated heterocycles. The average Bonchev–Trinajstić information content (AvgIpc) is 3.18. The van der Waals surface area contributed by atoms with Gasteiger partial charge in [-0.2, -0.15) is 0 Å². The lowest BCUT2D eigenvalue weighted by molar-refractivity contribution is 0.0389. The van der Waals surface area contributed by atoms with E-state index in [0.29, 0.717) is 0 Å². The molecule has 0 amide bonds. The van der Waals surface area contributed by atoms with Crippen LogP contribution in [0, 0.1) is 0 Å². The number of guanidine groups is 1. The molecular formula is C19H34N4O3. The van der Waals surface area contributed by atoms with Gasteiger partial charge < -0.3 is 24.5 Å². The van der Waals surface area contributed by atoms with Gasteiger partial charge in [-0.1, -0.05) is 0 Å². The number of hydrogen-bond donors (Lipinski definition) is 2. The number of nitrogens with zero attached hydrogens (tertiary/aromatic N) is 2. The van der Waals surface area contributed by atoms with Gasteiger partial charge in [0.1, 0.15) is 5.76 Å². The van der Waals surface area contributed by atoms with Crippen molar-refractivity contribution < 1.29 is 13.9 Å². The molecule has 0 unspecified atom stereocenters. The van der Waals surface area contributed by atoms with E-state index in [0.717, 1.165) is 96.7 Å². The molecule has 148 valence electrons. The Morgan fingerprint density at radius 1 is 1.23 bits per heavy atom. The van der Waals surface area contributed by atoms with Gasteiger partial charge in [-0.05, 0) is 31.9 Å². The van der Waals surface area contributed by atoms with Gasteiger partial charge in [0.05, 0.1) is 19.5 Å². The predicted octanol–water partition coefficient (Wildman–Crippen LogP) is 1.51. The molecule has 1 aliphatic heterocycles. The Morgan fingerprint density at radius 2 is 2.08 bits per heavy atom. The molecule has 0 atom stereocenters. The van der Waals surface area contributed by atoms with E-state index in [1.54, 1.807) is 6.26 Å². The van der Waals surface area contributed by atoms with Crippen molar-refractivity contribution in [1.82, 2.24) is 15.5 Å². The number of unbranched alkanes of at least 4 members (excludes halogenated alkanes) is 1. The topological polar surface area (TPSA) is 71.3 Å². The van der Waals surface area contributed by atoms with Crippen LogP contribution in [0.2, 0.25) is 0 Å². The van der Waals surface area contributed by atoms with E-state index in [1.807, 2.05) is 19.1 Å². The molecule has 2 N–H and O–H groups in total. The summed E-state index contributed by atoms with van der Waals surface area (Å²) in [7, 11) is 0. The molecule has 0 spiro atoms. The van der Waals surface area contributed by atoms with E-state index in [2.05, 4.69) is 20.5 Å². The van der Waals surface area contributed by atoms with Crippen molar-refractivity contribution in [3.63, 3.8) is 0 Å². The number of aliphatic imine (C=N–C) groups is 1. The second-order valence-electron chi connectivity index (χ2n) is 6.27. The molecule has 1 fully saturated rings. The lowest BCUT2D eigenvalue weighted by atomic mass is 10.3. The van der Waals surface area contributed by atoms with E-state index < -0.39 is 0 Å². The summed E-state index contributed by atoms with van der Waals surface area (Å²) in [5, 5.41) is 6.85. The zero-order valence-electron chi connectivity index (χ0n) is 16.0. The first kappa shape index (κ1) is 20.7. The van der Waals surface area contributed by atoms with Gasteiger partial charge in [0.2, 0.25) is 0 Å². The zero-order valence-corrected chi connectivity index (χ0v) is 16.0. The Morgan fingerprint density at radius 3 is 2.85 bits per heavy atom. The van der Waals surface area contributed by atoms with Crippen molar-refractivity contribution in [2.75, 3.05) is 65.7 Å². The average molecular weight is 367 g/mol. The normalized spacial score (nSPS) is 16.0. The van der Waals surface area contributed by atoms with E-state index in [-0.39, 0.29) is 0 Å². The zero-order chi connectivity index (χ0) is 18.3. The maximum atomic E-state index is 5.39. The first-order valence-electron chi connectivity index (χ1n) is 9.81. The van der Waals surface area contributed by atoms with Gasteiger partial charge in [-0.25, -0.2) is 0 Å². The maximum absolute atomic E-state index is 5.39. The van der Waals surface area contributed by atoms with Crippen LogP contribution in [-0.4, -0.2) is 76.6 Å². The molecule has 1 aromatic heterocycles. The van der Waals surface area contributed by atoms with Crippen molar-refractivity contribution in [2.45, 2.75) is 26.2 Å². The Labute approximate surface area is 157 Å². The quantitative estimate of drug-likeness (QED) is 0.332. The second-order valence-corrected chi connectivity index (χ2v) is 6.27. The van der Waals surface area contributed by atoms with Crippen LogP contribution in [0.4, 0.5) is 0 Å². The minimum absolute atomic E-state index is 0.784. The van der Waals surface area contributed by atoms with Gasteiger partial charge in [0.25, 0.3) is 0 Å². The van der Waals surface area contributed by atoms with Crippen molar-refractivity contribution >= 4 is 5.96 Å². The molecule has 0 bridgehead atoms. The summed E-state index contributed by atoms with van der Waals surface area (Å²) in [5.41, 5.74) is 0. The van der Waals surface area contributed by atoms with Crippen LogP contribution in [0.25, 0.3) is 0 Å².